The van der Waals surface area contributed by atoms with Gasteiger partial charge in [0.25, 0.3) is 0 Å². The molecule has 5 heteroatoms. The monoisotopic (exact) mass is 439 g/mol. The molecule has 4 rings (SSSR count). The first-order chi connectivity index (χ1) is 11.6. The molecule has 0 spiro atoms. The van der Waals surface area contributed by atoms with Crippen LogP contribution in [-0.2, 0) is 11.3 Å². The molecule has 1 aliphatic carbocycles. The highest BCUT2D eigenvalue weighted by Crippen LogP contribution is 2.32. The van der Waals surface area contributed by atoms with Gasteiger partial charge in [-0.15, -0.1) is 0 Å². The van der Waals surface area contributed by atoms with E-state index in [2.05, 4.69) is 75.7 Å². The second-order valence-corrected chi connectivity index (χ2v) is 8.49. The maximum atomic E-state index is 5.42. The third kappa shape index (κ3) is 3.44. The molecule has 0 bridgehead atoms. The summed E-state index contributed by atoms with van der Waals surface area (Å²) < 4.78 is 9.11. The van der Waals surface area contributed by atoms with Gasteiger partial charge in [-0.3, -0.25) is 0 Å². The molecule has 2 fully saturated rings. The molecular weight excluding hydrogens is 413 g/mol. The predicted octanol–water partition coefficient (Wildman–Crippen LogP) is 3.93. The lowest BCUT2D eigenvalue weighted by atomic mass is 9.90. The molecular formula is C19H26IN3O. The Balaban J connectivity index is 1.52. The summed E-state index contributed by atoms with van der Waals surface area (Å²) in [4.78, 5) is 2.37. The van der Waals surface area contributed by atoms with Crippen molar-refractivity contribution in [3.8, 4) is 0 Å². The molecule has 1 aliphatic heterocycles. The summed E-state index contributed by atoms with van der Waals surface area (Å²) >= 11 is 2.45. The van der Waals surface area contributed by atoms with Crippen molar-refractivity contribution in [2.75, 3.05) is 26.0 Å². The number of epoxide rings is 1. The van der Waals surface area contributed by atoms with Crippen LogP contribution in [0.4, 0.5) is 5.69 Å². The van der Waals surface area contributed by atoms with Crippen molar-refractivity contribution in [1.29, 1.82) is 0 Å². The van der Waals surface area contributed by atoms with Crippen LogP contribution in [-0.4, -0.2) is 48.4 Å². The number of hydrogen-bond acceptors (Lipinski definition) is 3. The third-order valence-corrected chi connectivity index (χ3v) is 6.36. The van der Waals surface area contributed by atoms with E-state index in [1.54, 1.807) is 0 Å². The number of aromatic nitrogens is 1. The number of benzene rings is 1. The molecule has 2 heterocycles. The Hall–Kier alpha value is -0.790. The molecule has 1 aromatic carbocycles. The van der Waals surface area contributed by atoms with Gasteiger partial charge < -0.3 is 19.5 Å². The summed E-state index contributed by atoms with van der Waals surface area (Å²) in [6, 6.07) is 10.3. The number of hydrogen-bond donors (Lipinski definition) is 1. The van der Waals surface area contributed by atoms with Crippen molar-refractivity contribution in [3.63, 3.8) is 0 Å². The van der Waals surface area contributed by atoms with Crippen LogP contribution in [0.15, 0.2) is 24.3 Å². The molecule has 0 amide bonds. The highest BCUT2D eigenvalue weighted by Gasteiger charge is 2.26. The van der Waals surface area contributed by atoms with Gasteiger partial charge in [0.05, 0.1) is 28.5 Å². The minimum absolute atomic E-state index is 0.409. The molecule has 1 N–H and O–H groups in total. The molecule has 1 aromatic heterocycles. The van der Waals surface area contributed by atoms with Crippen LogP contribution in [0.25, 0.3) is 10.9 Å². The predicted molar refractivity (Wildman–Crippen MR) is 108 cm³/mol. The molecule has 130 valence electrons. The number of nitrogens with zero attached hydrogens (tertiary/aromatic N) is 2. The van der Waals surface area contributed by atoms with Gasteiger partial charge in [-0.1, -0.05) is 6.07 Å². The van der Waals surface area contributed by atoms with Crippen LogP contribution in [0.5, 0.6) is 0 Å². The van der Waals surface area contributed by atoms with Crippen LogP contribution in [0, 0.1) is 3.70 Å². The SMILES string of the molecule is CN(C)[C@H]1CC[C@H](Nc2cccc3c2cc(I)n3CC2CO2)CC1. The van der Waals surface area contributed by atoms with E-state index in [9.17, 15) is 0 Å². The third-order valence-electron chi connectivity index (χ3n) is 5.47. The van der Waals surface area contributed by atoms with Crippen molar-refractivity contribution in [2.45, 2.75) is 50.4 Å². The van der Waals surface area contributed by atoms with Gasteiger partial charge in [0.15, 0.2) is 0 Å². The van der Waals surface area contributed by atoms with Gasteiger partial charge in [-0.25, -0.2) is 0 Å². The summed E-state index contributed by atoms with van der Waals surface area (Å²) in [5.41, 5.74) is 2.61. The normalized spacial score (nSPS) is 26.9. The lowest BCUT2D eigenvalue weighted by Crippen LogP contribution is -2.36. The van der Waals surface area contributed by atoms with Gasteiger partial charge in [0.1, 0.15) is 0 Å². The zero-order valence-electron chi connectivity index (χ0n) is 14.5. The number of halogens is 1. The van der Waals surface area contributed by atoms with E-state index < -0.39 is 0 Å². The average Bonchev–Trinajstić information content (AvgIpc) is 3.33. The summed E-state index contributed by atoms with van der Waals surface area (Å²) in [6.45, 7) is 1.88. The first-order valence-corrected chi connectivity index (χ1v) is 10.0. The van der Waals surface area contributed by atoms with Gasteiger partial charge in [-0.05, 0) is 80.6 Å². The minimum Gasteiger partial charge on any atom is -0.382 e. The van der Waals surface area contributed by atoms with Gasteiger partial charge in [0, 0.05) is 23.2 Å². The Labute approximate surface area is 157 Å². The summed E-state index contributed by atoms with van der Waals surface area (Å²) in [6.07, 6.45) is 5.50. The van der Waals surface area contributed by atoms with E-state index >= 15 is 0 Å². The summed E-state index contributed by atoms with van der Waals surface area (Å²) in [5, 5.41) is 5.17. The highest BCUT2D eigenvalue weighted by atomic mass is 127. The smallest absolute Gasteiger partial charge is 0.0988 e. The molecule has 1 saturated heterocycles. The van der Waals surface area contributed by atoms with E-state index in [4.69, 9.17) is 4.74 Å². The van der Waals surface area contributed by atoms with E-state index in [0.29, 0.717) is 12.1 Å². The molecule has 24 heavy (non-hydrogen) atoms. The quantitative estimate of drug-likeness (QED) is 0.566. The lowest BCUT2D eigenvalue weighted by molar-refractivity contribution is 0.221. The molecule has 2 aromatic rings. The van der Waals surface area contributed by atoms with Gasteiger partial charge in [-0.2, -0.15) is 0 Å². The van der Waals surface area contributed by atoms with Crippen LogP contribution >= 0.6 is 22.6 Å². The second-order valence-electron chi connectivity index (χ2n) is 7.38. The molecule has 1 atom stereocenters. The Morgan fingerprint density at radius 1 is 1.25 bits per heavy atom. The highest BCUT2D eigenvalue weighted by molar-refractivity contribution is 14.1. The van der Waals surface area contributed by atoms with Crippen LogP contribution < -0.4 is 5.32 Å². The summed E-state index contributed by atoms with van der Waals surface area (Å²) in [5.74, 6) is 0. The zero-order valence-corrected chi connectivity index (χ0v) is 16.6. The molecule has 1 saturated carbocycles. The number of nitrogens with one attached hydrogen (secondary N) is 1. The summed E-state index contributed by atoms with van der Waals surface area (Å²) in [7, 11) is 4.40. The van der Waals surface area contributed by atoms with Crippen LogP contribution in [0.3, 0.4) is 0 Å². The maximum Gasteiger partial charge on any atom is 0.0988 e. The Morgan fingerprint density at radius 2 is 2.00 bits per heavy atom. The topological polar surface area (TPSA) is 32.7 Å². The van der Waals surface area contributed by atoms with E-state index in [0.717, 1.165) is 19.2 Å². The fraction of sp³-hybridized carbons (Fsp3) is 0.579. The van der Waals surface area contributed by atoms with Crippen molar-refractivity contribution >= 4 is 39.2 Å². The van der Waals surface area contributed by atoms with Crippen molar-refractivity contribution in [2.24, 2.45) is 0 Å². The van der Waals surface area contributed by atoms with Crippen molar-refractivity contribution < 1.29 is 4.74 Å². The van der Waals surface area contributed by atoms with E-state index in [1.165, 1.54) is 46.0 Å². The van der Waals surface area contributed by atoms with E-state index in [1.807, 2.05) is 0 Å². The molecule has 1 unspecified atom stereocenters. The van der Waals surface area contributed by atoms with E-state index in [-0.39, 0.29) is 0 Å². The largest absolute Gasteiger partial charge is 0.382 e. The number of anilines is 1. The maximum absolute atomic E-state index is 5.42. The molecule has 0 radical (unpaired) electrons. The number of ether oxygens (including phenoxy) is 1. The van der Waals surface area contributed by atoms with Gasteiger partial charge >= 0.3 is 0 Å². The lowest BCUT2D eigenvalue weighted by Gasteiger charge is -2.33. The van der Waals surface area contributed by atoms with Crippen molar-refractivity contribution in [1.82, 2.24) is 9.47 Å². The van der Waals surface area contributed by atoms with Crippen LogP contribution in [0.1, 0.15) is 25.7 Å². The Kier molecular flexibility index (Phi) is 4.75. The first kappa shape index (κ1) is 16.7. The van der Waals surface area contributed by atoms with Crippen molar-refractivity contribution in [3.05, 3.63) is 28.0 Å². The fourth-order valence-corrected chi connectivity index (χ4v) is 4.67. The number of fused-ring (bicyclic) bond motifs is 1. The average molecular weight is 439 g/mol. The number of rotatable bonds is 5. The van der Waals surface area contributed by atoms with Crippen LogP contribution in [0.2, 0.25) is 0 Å². The first-order valence-electron chi connectivity index (χ1n) is 8.94. The molecule has 4 nitrogen and oxygen atoms in total. The Bertz CT molecular complexity index is 715. The fourth-order valence-electron chi connectivity index (χ4n) is 3.90. The minimum atomic E-state index is 0.409. The second kappa shape index (κ2) is 6.84. The standard InChI is InChI=1S/C19H26IN3O/c1-22(2)14-8-6-13(7-9-14)21-17-4-3-5-18-16(17)10-19(20)23(18)11-15-12-24-15/h3-5,10,13-15,21H,6-9,11-12H2,1-2H3/t13-,14-,15?. The zero-order chi connectivity index (χ0) is 16.7. The van der Waals surface area contributed by atoms with Gasteiger partial charge in [0.2, 0.25) is 0 Å². The molecule has 2 aliphatic rings. The Morgan fingerprint density at radius 3 is 2.67 bits per heavy atom.